The van der Waals surface area contributed by atoms with E-state index < -0.39 is 7.67 Å². The van der Waals surface area contributed by atoms with Crippen LogP contribution in [0.4, 0.5) is 0 Å². The van der Waals surface area contributed by atoms with Gasteiger partial charge in [-0.25, -0.2) is 4.21 Å². The first-order chi connectivity index (χ1) is 1.73. The predicted octanol–water partition coefficient (Wildman–Crippen LogP) is 1.93. The summed E-state index contributed by atoms with van der Waals surface area (Å²) < 4.78 is 9.39. The molecule has 1 nitrogen and oxygen atoms in total. The van der Waals surface area contributed by atoms with Gasteiger partial charge in [-0.1, -0.05) is 0 Å². The minimum Gasteiger partial charge on any atom is -0.235 e. The highest BCUT2D eigenvalue weighted by molar-refractivity contribution is 9.78. The average molecular weight is 289 g/mol. The second kappa shape index (κ2) is 5.59. The zero-order valence-corrected chi connectivity index (χ0v) is 7.68. The van der Waals surface area contributed by atoms with Crippen molar-refractivity contribution in [3.8, 4) is 0 Å². The van der Waals surface area contributed by atoms with Crippen molar-refractivity contribution in [2.45, 2.75) is 0 Å². The number of halogens is 3. The van der Waals surface area contributed by atoms with Crippen LogP contribution in [-0.2, 0) is 7.67 Å². The highest BCUT2D eigenvalue weighted by Gasteiger charge is 1.66. The third-order valence-electron chi connectivity index (χ3n) is 0. The Morgan fingerprint density at radius 3 is 1.40 bits per heavy atom. The van der Waals surface area contributed by atoms with E-state index in [4.69, 9.17) is 0 Å². The molecular weight excluding hydrogens is 288 g/mol. The van der Waals surface area contributed by atoms with Gasteiger partial charge < -0.3 is 0 Å². The summed E-state index contributed by atoms with van der Waals surface area (Å²) in [4.78, 5) is 0. The van der Waals surface area contributed by atoms with Gasteiger partial charge >= 0.3 is 0 Å². The van der Waals surface area contributed by atoms with Crippen LogP contribution in [-0.4, -0.2) is 4.21 Å². The maximum atomic E-state index is 9.39. The lowest BCUT2D eigenvalue weighted by molar-refractivity contribution is 0.700. The molecule has 0 atom stereocenters. The van der Waals surface area contributed by atoms with Gasteiger partial charge in [-0.15, -0.1) is 17.0 Å². The molecule has 0 saturated carbocycles. The maximum absolute atomic E-state index is 9.39. The summed E-state index contributed by atoms with van der Waals surface area (Å²) in [6, 6.07) is 0. The first-order valence-corrected chi connectivity index (χ1v) is 5.31. The van der Waals surface area contributed by atoms with Crippen LogP contribution in [0.3, 0.4) is 0 Å². The first kappa shape index (κ1) is 9.77. The van der Waals surface area contributed by atoms with E-state index in [1.54, 1.807) is 0 Å². The van der Waals surface area contributed by atoms with Gasteiger partial charge in [0.2, 0.25) is 0 Å². The number of rotatable bonds is 0. The zero-order valence-electron chi connectivity index (χ0n) is 1.98. The molecule has 0 heterocycles. The number of hydrogen-bond donors (Lipinski definition) is 0. The van der Waals surface area contributed by atoms with Gasteiger partial charge in [-0.3, -0.25) is 0 Å². The van der Waals surface area contributed by atoms with Gasteiger partial charge in [-0.05, 0) is 0 Å². The largest absolute Gasteiger partial charge is 0.235 e. The van der Waals surface area contributed by atoms with Crippen LogP contribution >= 0.6 is 46.6 Å². The summed E-state index contributed by atoms with van der Waals surface area (Å²) in [5.74, 6) is 0. The summed E-state index contributed by atoms with van der Waals surface area (Å²) in [5.41, 5.74) is 0. The van der Waals surface area contributed by atoms with Gasteiger partial charge in [-0.2, -0.15) is 0 Å². The Hall–Kier alpha value is 1.59. The van der Waals surface area contributed by atoms with Crippen molar-refractivity contribution < 1.29 is 4.21 Å². The molecule has 0 aliphatic carbocycles. The smallest absolute Gasteiger partial charge is 0.158 e. The second-order valence-electron chi connectivity index (χ2n) is 0.184. The fraction of sp³-hybridized carbons (Fsp3) is 0. The summed E-state index contributed by atoms with van der Waals surface area (Å²) in [6.45, 7) is 0. The molecule has 0 radical (unpaired) electrons. The molecule has 0 aromatic carbocycles. The Bertz CT molecular complexity index is 29.9. The monoisotopic (exact) mass is 286 g/mol. The standard InChI is InChI=1S/Br2OS.BrH/c1-4(2)3;/h;1H. The highest BCUT2D eigenvalue weighted by atomic mass is 79.9. The van der Waals surface area contributed by atoms with Gasteiger partial charge in [0.05, 0.1) is 0 Å². The molecule has 5 heteroatoms. The summed E-state index contributed by atoms with van der Waals surface area (Å²) >= 11 is 5.32. The molecule has 0 bridgehead atoms. The van der Waals surface area contributed by atoms with E-state index in [0.717, 1.165) is 0 Å². The molecule has 0 saturated heterocycles. The third-order valence-corrected chi connectivity index (χ3v) is 0. The van der Waals surface area contributed by atoms with Gasteiger partial charge in [0.1, 0.15) is 0 Å². The van der Waals surface area contributed by atoms with Gasteiger partial charge in [0, 0.05) is 29.6 Å². The predicted molar refractivity (Wildman–Crippen MR) is 36.3 cm³/mol. The van der Waals surface area contributed by atoms with Gasteiger partial charge in [0.25, 0.3) is 0 Å². The normalized spacial score (nSPS) is 7.00. The van der Waals surface area contributed by atoms with Crippen LogP contribution in [0.15, 0.2) is 0 Å². The molecule has 0 unspecified atom stereocenters. The van der Waals surface area contributed by atoms with Crippen molar-refractivity contribution in [1.29, 1.82) is 0 Å². The minimum atomic E-state index is -0.986. The molecule has 34 valence electrons. The summed E-state index contributed by atoms with van der Waals surface area (Å²) in [5, 5.41) is 0. The van der Waals surface area contributed by atoms with Crippen LogP contribution in [0.25, 0.3) is 0 Å². The van der Waals surface area contributed by atoms with Crippen LogP contribution in [0.1, 0.15) is 0 Å². The topological polar surface area (TPSA) is 17.1 Å². The third kappa shape index (κ3) is 28.5. The average Bonchev–Trinajstić information content (AvgIpc) is 0.811. The van der Waals surface area contributed by atoms with Crippen molar-refractivity contribution in [3.05, 3.63) is 0 Å². The van der Waals surface area contributed by atoms with Crippen LogP contribution < -0.4 is 0 Å². The van der Waals surface area contributed by atoms with Crippen molar-refractivity contribution in [2.24, 2.45) is 0 Å². The Labute approximate surface area is 58.1 Å². The molecule has 0 aromatic rings. The van der Waals surface area contributed by atoms with Crippen LogP contribution in [0.2, 0.25) is 0 Å². The van der Waals surface area contributed by atoms with Crippen molar-refractivity contribution >= 4 is 54.3 Å². The Morgan fingerprint density at radius 1 is 1.40 bits per heavy atom. The molecule has 5 heavy (non-hydrogen) atoms. The highest BCUT2D eigenvalue weighted by Crippen LogP contribution is 1.98. The lowest BCUT2D eigenvalue weighted by Gasteiger charge is -1.52. The quantitative estimate of drug-likeness (QED) is 0.623. The van der Waals surface area contributed by atoms with E-state index in [0.29, 0.717) is 0 Å². The van der Waals surface area contributed by atoms with E-state index in [1.807, 2.05) is 0 Å². The van der Waals surface area contributed by atoms with Crippen LogP contribution in [0, 0.1) is 0 Å². The van der Waals surface area contributed by atoms with E-state index >= 15 is 0 Å². The van der Waals surface area contributed by atoms with Crippen molar-refractivity contribution in [1.82, 2.24) is 0 Å². The fourth-order valence-corrected chi connectivity index (χ4v) is 0. The van der Waals surface area contributed by atoms with Crippen LogP contribution in [0.5, 0.6) is 0 Å². The fourth-order valence-electron chi connectivity index (χ4n) is 0. The number of hydrogen-bond acceptors (Lipinski definition) is 1. The molecule has 0 aromatic heterocycles. The molecule has 0 fully saturated rings. The van der Waals surface area contributed by atoms with Crippen molar-refractivity contribution in [3.63, 3.8) is 0 Å². The molecule has 0 amide bonds. The van der Waals surface area contributed by atoms with E-state index in [-0.39, 0.29) is 17.0 Å². The Balaban J connectivity index is 0. The minimum absolute atomic E-state index is 0. The van der Waals surface area contributed by atoms with E-state index in [1.165, 1.54) is 0 Å². The van der Waals surface area contributed by atoms with E-state index in [2.05, 4.69) is 29.6 Å². The van der Waals surface area contributed by atoms with Gasteiger partial charge in [0.15, 0.2) is 7.67 Å². The van der Waals surface area contributed by atoms with Crippen molar-refractivity contribution in [2.75, 3.05) is 0 Å². The summed E-state index contributed by atoms with van der Waals surface area (Å²) in [6.07, 6.45) is 0. The molecule has 0 spiro atoms. The molecular formula is HBr3OS. The zero-order chi connectivity index (χ0) is 3.58. The Morgan fingerprint density at radius 2 is 1.40 bits per heavy atom. The molecule has 0 aliphatic rings. The molecule has 0 aliphatic heterocycles. The molecule has 0 rings (SSSR count). The van der Waals surface area contributed by atoms with E-state index in [9.17, 15) is 4.21 Å². The maximum Gasteiger partial charge on any atom is 0.158 e. The lowest BCUT2D eigenvalue weighted by atomic mass is 16.0. The summed E-state index contributed by atoms with van der Waals surface area (Å²) in [7, 11) is -0.986. The Kier molecular flexibility index (Phi) is 10.9. The molecule has 0 N–H and O–H groups in total. The first-order valence-electron chi connectivity index (χ1n) is 0.475. The lowest BCUT2D eigenvalue weighted by Crippen LogP contribution is -1.38. The SMILES string of the molecule is Br.O=S(Br)Br. The second-order valence-corrected chi connectivity index (χ2v) is 6.69.